The van der Waals surface area contributed by atoms with Crippen LogP contribution >= 0.6 is 35.0 Å². The van der Waals surface area contributed by atoms with Gasteiger partial charge in [-0.15, -0.1) is 0 Å². The molecule has 0 heterocycles. The average molecular weight is 308 g/mol. The van der Waals surface area contributed by atoms with Crippen molar-refractivity contribution in [3.8, 4) is 0 Å². The lowest BCUT2D eigenvalue weighted by Gasteiger charge is -2.07. The van der Waals surface area contributed by atoms with Crippen LogP contribution in [0.15, 0.2) is 18.2 Å². The first-order valence-corrected chi connectivity index (χ1v) is 6.94. The topological polar surface area (TPSA) is 66.4 Å². The van der Waals surface area contributed by atoms with Gasteiger partial charge in [0.05, 0.1) is 22.9 Å². The molecule has 0 fully saturated rings. The number of carbonyl (C=O) groups excluding carboxylic acids is 1. The van der Waals surface area contributed by atoms with E-state index in [0.29, 0.717) is 21.5 Å². The third-order valence-corrected chi connectivity index (χ3v) is 3.42. The van der Waals surface area contributed by atoms with Crippen LogP contribution in [0.25, 0.3) is 0 Å². The SMILES string of the molecule is O=C(O)CCSCC(=O)Nc1cc(Cl)ccc1Cl. The third kappa shape index (κ3) is 5.62. The molecule has 1 aromatic carbocycles. The highest BCUT2D eigenvalue weighted by Gasteiger charge is 2.07. The van der Waals surface area contributed by atoms with Crippen LogP contribution in [0, 0.1) is 0 Å². The van der Waals surface area contributed by atoms with Crippen molar-refractivity contribution in [2.75, 3.05) is 16.8 Å². The van der Waals surface area contributed by atoms with Crippen LogP contribution < -0.4 is 5.32 Å². The average Bonchev–Trinajstić information content (AvgIpc) is 2.29. The highest BCUT2D eigenvalue weighted by Crippen LogP contribution is 2.25. The number of thioether (sulfide) groups is 1. The normalized spacial score (nSPS) is 10.1. The first kappa shape index (κ1) is 15.1. The minimum atomic E-state index is -0.874. The van der Waals surface area contributed by atoms with E-state index in [1.165, 1.54) is 11.8 Å². The monoisotopic (exact) mass is 307 g/mol. The number of carboxylic acids is 1. The van der Waals surface area contributed by atoms with Crippen molar-refractivity contribution < 1.29 is 14.7 Å². The van der Waals surface area contributed by atoms with Gasteiger partial charge in [0.25, 0.3) is 0 Å². The minimum absolute atomic E-state index is 0.0376. The van der Waals surface area contributed by atoms with Crippen molar-refractivity contribution in [2.24, 2.45) is 0 Å². The number of anilines is 1. The largest absolute Gasteiger partial charge is 0.481 e. The van der Waals surface area contributed by atoms with Gasteiger partial charge in [-0.1, -0.05) is 23.2 Å². The number of carboxylic acid groups (broad SMARTS) is 1. The Bertz CT molecular complexity index is 454. The highest BCUT2D eigenvalue weighted by molar-refractivity contribution is 7.99. The summed E-state index contributed by atoms with van der Waals surface area (Å²) < 4.78 is 0. The molecule has 0 aliphatic rings. The summed E-state index contributed by atoms with van der Waals surface area (Å²) in [6.45, 7) is 0. The van der Waals surface area contributed by atoms with Gasteiger partial charge in [-0.3, -0.25) is 9.59 Å². The summed E-state index contributed by atoms with van der Waals surface area (Å²) in [5.41, 5.74) is 0.452. The number of carbonyl (C=O) groups is 2. The van der Waals surface area contributed by atoms with Crippen LogP contribution in [-0.2, 0) is 9.59 Å². The molecule has 0 saturated heterocycles. The zero-order valence-corrected chi connectivity index (χ0v) is 11.6. The second-order valence-corrected chi connectivity index (χ2v) is 5.32. The van der Waals surface area contributed by atoms with Crippen LogP contribution in [0.1, 0.15) is 6.42 Å². The van der Waals surface area contributed by atoms with Gasteiger partial charge in [0.1, 0.15) is 0 Å². The minimum Gasteiger partial charge on any atom is -0.481 e. The molecular formula is C11H11Cl2NO3S. The van der Waals surface area contributed by atoms with Crippen molar-refractivity contribution in [3.63, 3.8) is 0 Å². The number of benzene rings is 1. The fourth-order valence-electron chi connectivity index (χ4n) is 1.10. The van der Waals surface area contributed by atoms with Crippen LogP contribution in [-0.4, -0.2) is 28.5 Å². The Morgan fingerprint density at radius 1 is 1.33 bits per heavy atom. The Morgan fingerprint density at radius 2 is 2.06 bits per heavy atom. The molecule has 1 amide bonds. The molecule has 7 heteroatoms. The number of amides is 1. The summed E-state index contributed by atoms with van der Waals surface area (Å²) in [5, 5.41) is 11.9. The van der Waals surface area contributed by atoms with Gasteiger partial charge in [-0.25, -0.2) is 0 Å². The van der Waals surface area contributed by atoms with Gasteiger partial charge < -0.3 is 10.4 Å². The van der Waals surface area contributed by atoms with Gasteiger partial charge in [-0.05, 0) is 18.2 Å². The summed E-state index contributed by atoms with van der Waals surface area (Å²) in [5.74, 6) is -0.544. The van der Waals surface area contributed by atoms with E-state index in [2.05, 4.69) is 5.32 Å². The van der Waals surface area contributed by atoms with Gasteiger partial charge in [0, 0.05) is 10.8 Å². The van der Waals surface area contributed by atoms with E-state index in [1.54, 1.807) is 18.2 Å². The summed E-state index contributed by atoms with van der Waals surface area (Å²) in [6, 6.07) is 4.78. The molecule has 2 N–H and O–H groups in total. The van der Waals surface area contributed by atoms with Crippen molar-refractivity contribution >= 4 is 52.5 Å². The van der Waals surface area contributed by atoms with Crippen molar-refractivity contribution in [1.29, 1.82) is 0 Å². The summed E-state index contributed by atoms with van der Waals surface area (Å²) in [6.07, 6.45) is 0.0376. The maximum atomic E-state index is 11.5. The number of rotatable bonds is 6. The molecule has 1 aromatic rings. The molecule has 0 aromatic heterocycles. The molecule has 4 nitrogen and oxygen atoms in total. The maximum Gasteiger partial charge on any atom is 0.304 e. The summed E-state index contributed by atoms with van der Waals surface area (Å²) in [7, 11) is 0. The Hall–Kier alpha value is -0.910. The van der Waals surface area contributed by atoms with Crippen molar-refractivity contribution in [1.82, 2.24) is 0 Å². The number of hydrogen-bond acceptors (Lipinski definition) is 3. The quantitative estimate of drug-likeness (QED) is 0.792. The van der Waals surface area contributed by atoms with Gasteiger partial charge in [-0.2, -0.15) is 11.8 Å². The second kappa shape index (κ2) is 7.51. The smallest absolute Gasteiger partial charge is 0.304 e. The first-order valence-electron chi connectivity index (χ1n) is 5.03. The Balaban J connectivity index is 2.40. The van der Waals surface area contributed by atoms with E-state index in [0.717, 1.165) is 0 Å². The maximum absolute atomic E-state index is 11.5. The Morgan fingerprint density at radius 3 is 2.72 bits per heavy atom. The predicted molar refractivity (Wildman–Crippen MR) is 74.7 cm³/mol. The Kier molecular flexibility index (Phi) is 6.32. The predicted octanol–water partition coefficient (Wildman–Crippen LogP) is 3.14. The summed E-state index contributed by atoms with van der Waals surface area (Å²) >= 11 is 12.9. The molecule has 0 radical (unpaired) electrons. The molecule has 0 atom stereocenters. The standard InChI is InChI=1S/C11H11Cl2NO3S/c12-7-1-2-8(13)9(5-7)14-10(15)6-18-4-3-11(16)17/h1-2,5H,3-4,6H2,(H,14,15)(H,16,17). The van der Waals surface area contributed by atoms with Crippen molar-refractivity contribution in [2.45, 2.75) is 6.42 Å². The van der Waals surface area contributed by atoms with Gasteiger partial charge in [0.2, 0.25) is 5.91 Å². The van der Waals surface area contributed by atoms with Crippen LogP contribution in [0.4, 0.5) is 5.69 Å². The van der Waals surface area contributed by atoms with Crippen LogP contribution in [0.2, 0.25) is 10.0 Å². The first-order chi connectivity index (χ1) is 8.49. The lowest BCUT2D eigenvalue weighted by atomic mass is 10.3. The lowest BCUT2D eigenvalue weighted by molar-refractivity contribution is -0.136. The molecule has 0 bridgehead atoms. The molecule has 0 aliphatic carbocycles. The number of hydrogen-bond donors (Lipinski definition) is 2. The fourth-order valence-corrected chi connectivity index (χ4v) is 2.16. The lowest BCUT2D eigenvalue weighted by Crippen LogP contribution is -2.15. The van der Waals surface area contributed by atoms with Crippen molar-refractivity contribution in [3.05, 3.63) is 28.2 Å². The molecule has 0 unspecified atom stereocenters. The highest BCUT2D eigenvalue weighted by atomic mass is 35.5. The molecule has 1 rings (SSSR count). The zero-order chi connectivity index (χ0) is 13.5. The zero-order valence-electron chi connectivity index (χ0n) is 9.28. The van der Waals surface area contributed by atoms with E-state index in [9.17, 15) is 9.59 Å². The van der Waals surface area contributed by atoms with E-state index in [1.807, 2.05) is 0 Å². The van der Waals surface area contributed by atoms with Gasteiger partial charge in [0.15, 0.2) is 0 Å². The summed E-state index contributed by atoms with van der Waals surface area (Å²) in [4.78, 5) is 21.8. The molecule has 0 spiro atoms. The fraction of sp³-hybridized carbons (Fsp3) is 0.273. The number of nitrogens with one attached hydrogen (secondary N) is 1. The van der Waals surface area contributed by atoms with E-state index >= 15 is 0 Å². The third-order valence-electron chi connectivity index (χ3n) is 1.90. The second-order valence-electron chi connectivity index (χ2n) is 3.37. The molecule has 0 saturated carbocycles. The van der Waals surface area contributed by atoms with E-state index in [-0.39, 0.29) is 18.1 Å². The molecule has 18 heavy (non-hydrogen) atoms. The number of halogens is 2. The van der Waals surface area contributed by atoms with E-state index in [4.69, 9.17) is 28.3 Å². The van der Waals surface area contributed by atoms with Gasteiger partial charge >= 0.3 is 5.97 Å². The Labute approximate surface area is 119 Å². The van der Waals surface area contributed by atoms with Crippen LogP contribution in [0.5, 0.6) is 0 Å². The molecular weight excluding hydrogens is 297 g/mol. The number of aliphatic carboxylic acids is 1. The molecule has 0 aliphatic heterocycles. The van der Waals surface area contributed by atoms with Crippen LogP contribution in [0.3, 0.4) is 0 Å². The molecule has 98 valence electrons. The van der Waals surface area contributed by atoms with E-state index < -0.39 is 5.97 Å².